The lowest BCUT2D eigenvalue weighted by atomic mass is 9.91. The van der Waals surface area contributed by atoms with Crippen molar-refractivity contribution in [2.75, 3.05) is 32.7 Å². The van der Waals surface area contributed by atoms with Crippen LogP contribution in [0.5, 0.6) is 0 Å². The first-order valence-corrected chi connectivity index (χ1v) is 14.8. The van der Waals surface area contributed by atoms with Gasteiger partial charge in [0, 0.05) is 45.8 Å². The fourth-order valence-corrected chi connectivity index (χ4v) is 7.19. The molecule has 3 aromatic rings. The fraction of sp³-hybridized carbons (Fsp3) is 0.419. The lowest BCUT2D eigenvalue weighted by Gasteiger charge is -2.38. The maximum Gasteiger partial charge on any atom is 0.241 e. The second-order valence-electron chi connectivity index (χ2n) is 10.8. The van der Waals surface area contributed by atoms with E-state index >= 15 is 0 Å². The topological polar surface area (TPSA) is 52.7 Å². The van der Waals surface area contributed by atoms with Gasteiger partial charge < -0.3 is 0 Å². The molecule has 0 aliphatic carbocycles. The van der Waals surface area contributed by atoms with E-state index in [9.17, 15) is 8.42 Å². The summed E-state index contributed by atoms with van der Waals surface area (Å²) in [5, 5.41) is 0. The molecule has 0 aromatic heterocycles. The maximum absolute atomic E-state index is 13.4. The molecular weight excluding hydrogens is 478 g/mol. The molecule has 4 rings (SSSR count). The van der Waals surface area contributed by atoms with Crippen molar-refractivity contribution in [1.29, 1.82) is 0 Å². The minimum Gasteiger partial charge on any atom is -0.298 e. The zero-order valence-corrected chi connectivity index (χ0v) is 23.5. The molecule has 1 aliphatic rings. The predicted octanol–water partition coefficient (Wildman–Crippen LogP) is 5.16. The van der Waals surface area contributed by atoms with Crippen LogP contribution in [0.2, 0.25) is 0 Å². The first kappa shape index (κ1) is 27.5. The zero-order chi connectivity index (χ0) is 26.4. The Morgan fingerprint density at radius 2 is 1.27 bits per heavy atom. The van der Waals surface area contributed by atoms with Gasteiger partial charge in [-0.3, -0.25) is 9.80 Å². The smallest absolute Gasteiger partial charge is 0.241 e. The van der Waals surface area contributed by atoms with Crippen molar-refractivity contribution < 1.29 is 8.42 Å². The number of hydrogen-bond donors (Lipinski definition) is 1. The molecule has 1 fully saturated rings. The molecule has 198 valence electrons. The highest BCUT2D eigenvalue weighted by atomic mass is 32.2. The highest BCUT2D eigenvalue weighted by molar-refractivity contribution is 7.89. The highest BCUT2D eigenvalue weighted by Crippen LogP contribution is 2.24. The lowest BCUT2D eigenvalue weighted by Crippen LogP contribution is -2.48. The first-order chi connectivity index (χ1) is 17.7. The number of benzene rings is 3. The monoisotopic (exact) mass is 519 g/mol. The van der Waals surface area contributed by atoms with Crippen LogP contribution in [-0.2, 0) is 23.1 Å². The highest BCUT2D eigenvalue weighted by Gasteiger charge is 2.28. The van der Waals surface area contributed by atoms with Gasteiger partial charge in [0.15, 0.2) is 0 Å². The van der Waals surface area contributed by atoms with Gasteiger partial charge in [0.2, 0.25) is 10.0 Å². The SMILES string of the molecule is Cc1cc(C)c(S(=O)(=O)NC[C@H]2CN(Cc3ccccc3)CCN(Cc3ccccc3)C[C@@H]2C)c(C)c1. The molecule has 1 heterocycles. The summed E-state index contributed by atoms with van der Waals surface area (Å²) in [6.45, 7) is 14.0. The Balaban J connectivity index is 1.53. The molecule has 0 amide bonds. The molecule has 0 bridgehead atoms. The summed E-state index contributed by atoms with van der Waals surface area (Å²) in [6, 6.07) is 25.1. The Labute approximate surface area is 223 Å². The average molecular weight is 520 g/mol. The summed E-state index contributed by atoms with van der Waals surface area (Å²) in [4.78, 5) is 5.43. The molecule has 3 aromatic carbocycles. The molecule has 1 saturated heterocycles. The number of nitrogens with zero attached hydrogens (tertiary/aromatic N) is 2. The van der Waals surface area contributed by atoms with Crippen molar-refractivity contribution in [3.63, 3.8) is 0 Å². The van der Waals surface area contributed by atoms with E-state index in [0.717, 1.165) is 56.0 Å². The van der Waals surface area contributed by atoms with Gasteiger partial charge >= 0.3 is 0 Å². The van der Waals surface area contributed by atoms with Gasteiger partial charge in [0.05, 0.1) is 4.90 Å². The van der Waals surface area contributed by atoms with Gasteiger partial charge in [-0.05, 0) is 54.9 Å². The van der Waals surface area contributed by atoms with Crippen LogP contribution in [0, 0.1) is 32.6 Å². The minimum atomic E-state index is -3.60. The van der Waals surface area contributed by atoms with E-state index in [1.807, 2.05) is 39.0 Å². The summed E-state index contributed by atoms with van der Waals surface area (Å²) in [7, 11) is -3.60. The summed E-state index contributed by atoms with van der Waals surface area (Å²) in [5.74, 6) is 0.535. The van der Waals surface area contributed by atoms with E-state index in [0.29, 0.717) is 17.4 Å². The maximum atomic E-state index is 13.4. The molecule has 1 N–H and O–H groups in total. The third-order valence-corrected chi connectivity index (χ3v) is 9.21. The van der Waals surface area contributed by atoms with Gasteiger partial charge in [0.1, 0.15) is 0 Å². The summed E-state index contributed by atoms with van der Waals surface area (Å²) in [5.41, 5.74) is 5.28. The summed E-state index contributed by atoms with van der Waals surface area (Å²) < 4.78 is 29.9. The van der Waals surface area contributed by atoms with Crippen molar-refractivity contribution in [1.82, 2.24) is 14.5 Å². The molecule has 0 unspecified atom stereocenters. The van der Waals surface area contributed by atoms with Crippen LogP contribution >= 0.6 is 0 Å². The molecular formula is C31H41N3O2S. The largest absolute Gasteiger partial charge is 0.298 e. The number of hydrogen-bond acceptors (Lipinski definition) is 4. The van der Waals surface area contributed by atoms with E-state index in [4.69, 9.17) is 0 Å². The van der Waals surface area contributed by atoms with Crippen molar-refractivity contribution >= 4 is 10.0 Å². The molecule has 0 saturated carbocycles. The van der Waals surface area contributed by atoms with Crippen LogP contribution in [0.25, 0.3) is 0 Å². The molecule has 0 radical (unpaired) electrons. The lowest BCUT2D eigenvalue weighted by molar-refractivity contribution is 0.0983. The third-order valence-electron chi connectivity index (χ3n) is 7.48. The minimum absolute atomic E-state index is 0.197. The predicted molar refractivity (Wildman–Crippen MR) is 152 cm³/mol. The quantitative estimate of drug-likeness (QED) is 0.447. The average Bonchev–Trinajstić information content (AvgIpc) is 2.84. The number of sulfonamides is 1. The van der Waals surface area contributed by atoms with E-state index in [1.54, 1.807) is 0 Å². The van der Waals surface area contributed by atoms with Gasteiger partial charge in [-0.25, -0.2) is 13.1 Å². The van der Waals surface area contributed by atoms with Crippen molar-refractivity contribution in [2.24, 2.45) is 11.8 Å². The number of nitrogens with one attached hydrogen (secondary N) is 1. The Morgan fingerprint density at radius 3 is 1.78 bits per heavy atom. The molecule has 5 nitrogen and oxygen atoms in total. The van der Waals surface area contributed by atoms with E-state index in [-0.39, 0.29) is 5.92 Å². The first-order valence-electron chi connectivity index (χ1n) is 13.3. The Hall–Kier alpha value is -2.51. The van der Waals surface area contributed by atoms with Crippen LogP contribution < -0.4 is 4.72 Å². The number of aryl methyl sites for hydroxylation is 3. The van der Waals surface area contributed by atoms with Gasteiger partial charge in [-0.15, -0.1) is 0 Å². The van der Waals surface area contributed by atoms with Gasteiger partial charge in [0.25, 0.3) is 0 Å². The van der Waals surface area contributed by atoms with E-state index in [1.165, 1.54) is 11.1 Å². The van der Waals surface area contributed by atoms with E-state index in [2.05, 4.69) is 76.0 Å². The fourth-order valence-electron chi connectivity index (χ4n) is 5.65. The van der Waals surface area contributed by atoms with Crippen LogP contribution in [-0.4, -0.2) is 50.9 Å². The molecule has 6 heteroatoms. The number of rotatable bonds is 8. The third kappa shape index (κ3) is 7.51. The molecule has 1 aliphatic heterocycles. The Bertz CT molecular complexity index is 1240. The molecule has 0 spiro atoms. The van der Waals surface area contributed by atoms with Crippen LogP contribution in [0.3, 0.4) is 0 Å². The zero-order valence-electron chi connectivity index (χ0n) is 22.7. The van der Waals surface area contributed by atoms with E-state index < -0.39 is 10.0 Å². The normalized spacial score (nSPS) is 19.9. The molecule has 37 heavy (non-hydrogen) atoms. The Kier molecular flexibility index (Phi) is 9.19. The van der Waals surface area contributed by atoms with Crippen LogP contribution in [0.1, 0.15) is 34.7 Å². The van der Waals surface area contributed by atoms with Gasteiger partial charge in [-0.1, -0.05) is 85.3 Å². The Morgan fingerprint density at radius 1 is 0.784 bits per heavy atom. The van der Waals surface area contributed by atoms with Crippen LogP contribution in [0.4, 0.5) is 0 Å². The standard InChI is InChI=1S/C31H41N3O2S/c1-24-17-25(2)31(26(3)18-24)37(35,36)32-19-30-23-34(22-29-13-9-6-10-14-29)16-15-33(20-27(30)4)21-28-11-7-5-8-12-28/h5-14,17-18,27,30,32H,15-16,19-23H2,1-4H3/t27-,30-/m0/s1. The van der Waals surface area contributed by atoms with Gasteiger partial charge in [-0.2, -0.15) is 0 Å². The van der Waals surface area contributed by atoms with Crippen molar-refractivity contribution in [3.05, 3.63) is 101 Å². The second kappa shape index (κ2) is 12.4. The second-order valence-corrected chi connectivity index (χ2v) is 12.5. The summed E-state index contributed by atoms with van der Waals surface area (Å²) in [6.07, 6.45) is 0. The van der Waals surface area contributed by atoms with Crippen molar-refractivity contribution in [3.8, 4) is 0 Å². The van der Waals surface area contributed by atoms with Crippen LogP contribution in [0.15, 0.2) is 77.7 Å². The van der Waals surface area contributed by atoms with Crippen molar-refractivity contribution in [2.45, 2.75) is 45.7 Å². The molecule has 2 atom stereocenters. The summed E-state index contributed by atoms with van der Waals surface area (Å²) >= 11 is 0.